The Morgan fingerprint density at radius 3 is 2.63 bits per heavy atom. The highest BCUT2D eigenvalue weighted by molar-refractivity contribution is 8.18. The maximum absolute atomic E-state index is 13.9. The summed E-state index contributed by atoms with van der Waals surface area (Å²) in [6.07, 6.45) is -2.22. The van der Waals surface area contributed by atoms with Crippen molar-refractivity contribution in [2.24, 2.45) is 0 Å². The van der Waals surface area contributed by atoms with Gasteiger partial charge in [-0.25, -0.2) is 0 Å². The Morgan fingerprint density at radius 1 is 1.13 bits per heavy atom. The number of benzene rings is 2. The highest BCUT2D eigenvalue weighted by Crippen LogP contribution is 2.41. The van der Waals surface area contributed by atoms with E-state index in [0.717, 1.165) is 36.9 Å². The first kappa shape index (κ1) is 26.7. The topological polar surface area (TPSA) is 89.5 Å². The Kier molecular flexibility index (Phi) is 7.54. The number of β-amino-alcohol motifs (C(OH)–C–C–N with tert-alkyl or cyclic N) is 1. The molecule has 2 aromatic carbocycles. The first-order valence-electron chi connectivity index (χ1n) is 12.1. The molecule has 3 aromatic rings. The number of aromatic amines is 1. The van der Waals surface area contributed by atoms with Gasteiger partial charge in [0.25, 0.3) is 11.1 Å². The second-order valence-electron chi connectivity index (χ2n) is 9.40. The lowest BCUT2D eigenvalue weighted by atomic mass is 9.93. The van der Waals surface area contributed by atoms with Crippen LogP contribution in [-0.4, -0.2) is 68.5 Å². The molecule has 0 unspecified atom stereocenters. The summed E-state index contributed by atoms with van der Waals surface area (Å²) in [5, 5.41) is 17.4. The van der Waals surface area contributed by atoms with Gasteiger partial charge in [-0.05, 0) is 85.1 Å². The van der Waals surface area contributed by atoms with Crippen LogP contribution in [0.25, 0.3) is 16.5 Å². The largest absolute Gasteiger partial charge is 0.416 e. The third kappa shape index (κ3) is 5.61. The normalized spacial score (nSPS) is 19.1. The zero-order valence-electron chi connectivity index (χ0n) is 20.1. The number of amides is 2. The number of carbonyl (C=O) groups is 2. The Morgan fingerprint density at radius 2 is 1.89 bits per heavy atom. The molecule has 2 aliphatic rings. The molecule has 2 saturated heterocycles. The van der Waals surface area contributed by atoms with Crippen LogP contribution < -0.4 is 0 Å². The second-order valence-corrected chi connectivity index (χ2v) is 10.8. The number of nitrogens with zero attached hydrogens (tertiary/aromatic N) is 3. The minimum atomic E-state index is -4.67. The summed E-state index contributed by atoms with van der Waals surface area (Å²) in [7, 11) is 0. The average molecular weight is 565 g/mol. The van der Waals surface area contributed by atoms with Crippen molar-refractivity contribution >= 4 is 51.0 Å². The maximum Gasteiger partial charge on any atom is 0.416 e. The molecule has 2 fully saturated rings. The van der Waals surface area contributed by atoms with Crippen molar-refractivity contribution in [2.45, 2.75) is 31.5 Å². The summed E-state index contributed by atoms with van der Waals surface area (Å²) >= 11 is 6.54. The fourth-order valence-electron chi connectivity index (χ4n) is 4.87. The van der Waals surface area contributed by atoms with Crippen molar-refractivity contribution in [3.05, 3.63) is 69.2 Å². The molecule has 0 saturated carbocycles. The van der Waals surface area contributed by atoms with E-state index in [1.165, 1.54) is 12.1 Å². The Balaban J connectivity index is 1.53. The van der Waals surface area contributed by atoms with Crippen molar-refractivity contribution in [1.82, 2.24) is 20.0 Å². The Bertz CT molecular complexity index is 1420. The smallest absolute Gasteiger partial charge is 0.390 e. The van der Waals surface area contributed by atoms with Crippen LogP contribution in [-0.2, 0) is 17.4 Å². The number of aliphatic hydroxyl groups excluding tert-OH is 1. The molecule has 1 atom stereocenters. The predicted octanol–water partition coefficient (Wildman–Crippen LogP) is 5.34. The highest BCUT2D eigenvalue weighted by atomic mass is 35.5. The molecule has 38 heavy (non-hydrogen) atoms. The monoisotopic (exact) mass is 564 g/mol. The van der Waals surface area contributed by atoms with Crippen LogP contribution in [0.1, 0.15) is 29.5 Å². The van der Waals surface area contributed by atoms with E-state index >= 15 is 0 Å². The van der Waals surface area contributed by atoms with Gasteiger partial charge >= 0.3 is 6.18 Å². The number of rotatable bonds is 7. The molecule has 0 radical (unpaired) electrons. The number of likely N-dealkylation sites (tertiary alicyclic amines) is 1. The van der Waals surface area contributed by atoms with Crippen LogP contribution >= 0.6 is 23.4 Å². The summed E-state index contributed by atoms with van der Waals surface area (Å²) in [6, 6.07) is 8.61. The molecule has 2 N–H and O–H groups in total. The molecule has 5 rings (SSSR count). The number of H-pyrrole nitrogens is 1. The quantitative estimate of drug-likeness (QED) is 0.377. The number of thioether (sulfide) groups is 1. The number of alkyl halides is 3. The number of fused-ring (bicyclic) bond motifs is 1. The van der Waals surface area contributed by atoms with E-state index in [9.17, 15) is 27.9 Å². The van der Waals surface area contributed by atoms with E-state index in [1.807, 2.05) is 0 Å². The molecular formula is C26H24ClF3N4O3S. The number of aromatic nitrogens is 2. The fourth-order valence-corrected chi connectivity index (χ4v) is 6.00. The molecule has 7 nitrogen and oxygen atoms in total. The van der Waals surface area contributed by atoms with Crippen LogP contribution in [0.4, 0.5) is 18.0 Å². The van der Waals surface area contributed by atoms with E-state index in [4.69, 9.17) is 11.6 Å². The molecule has 12 heteroatoms. The number of aliphatic hydroxyl groups is 1. The summed E-state index contributed by atoms with van der Waals surface area (Å²) in [5.41, 5.74) is 0.497. The van der Waals surface area contributed by atoms with Gasteiger partial charge in [0.05, 0.1) is 34.8 Å². The van der Waals surface area contributed by atoms with Crippen molar-refractivity contribution in [2.75, 3.05) is 26.2 Å². The molecule has 0 aliphatic carbocycles. The van der Waals surface area contributed by atoms with Gasteiger partial charge < -0.3 is 10.0 Å². The van der Waals surface area contributed by atoms with Crippen LogP contribution in [0.2, 0.25) is 5.02 Å². The van der Waals surface area contributed by atoms with Gasteiger partial charge in [0.2, 0.25) is 0 Å². The molecule has 0 bridgehead atoms. The number of imide groups is 1. The van der Waals surface area contributed by atoms with E-state index in [1.54, 1.807) is 24.4 Å². The number of carbonyl (C=O) groups excluding carboxylic acids is 2. The summed E-state index contributed by atoms with van der Waals surface area (Å²) in [4.78, 5) is 29.5. The molecule has 1 aromatic heterocycles. The van der Waals surface area contributed by atoms with Gasteiger partial charge in [0.1, 0.15) is 0 Å². The maximum atomic E-state index is 13.9. The van der Waals surface area contributed by atoms with Gasteiger partial charge in [-0.3, -0.25) is 19.6 Å². The number of halogens is 4. The number of allylic oxidation sites excluding steroid dienone is 1. The van der Waals surface area contributed by atoms with E-state index in [2.05, 4.69) is 15.1 Å². The zero-order chi connectivity index (χ0) is 27.0. The lowest BCUT2D eigenvalue weighted by Gasteiger charge is -2.22. The molecule has 200 valence electrons. The van der Waals surface area contributed by atoms with Crippen molar-refractivity contribution in [3.8, 4) is 0 Å². The molecular weight excluding hydrogens is 541 g/mol. The third-order valence-corrected chi connectivity index (χ3v) is 7.97. The molecule has 3 heterocycles. The summed E-state index contributed by atoms with van der Waals surface area (Å²) in [6.45, 7) is 1.85. The molecule has 2 amide bonds. The molecule has 2 aliphatic heterocycles. The number of hydrogen-bond acceptors (Lipinski definition) is 6. The first-order chi connectivity index (χ1) is 18.1. The fraction of sp³-hybridized carbons (Fsp3) is 0.346. The zero-order valence-corrected chi connectivity index (χ0v) is 21.7. The van der Waals surface area contributed by atoms with Gasteiger partial charge in [0, 0.05) is 17.0 Å². The van der Waals surface area contributed by atoms with Gasteiger partial charge in [-0.1, -0.05) is 23.7 Å². The van der Waals surface area contributed by atoms with Gasteiger partial charge in [-0.15, -0.1) is 0 Å². The lowest BCUT2D eigenvalue weighted by Crippen LogP contribution is -2.41. The minimum absolute atomic E-state index is 0.0364. The van der Waals surface area contributed by atoms with Crippen molar-refractivity contribution in [1.29, 1.82) is 0 Å². The van der Waals surface area contributed by atoms with E-state index < -0.39 is 29.0 Å². The lowest BCUT2D eigenvalue weighted by molar-refractivity contribution is -0.138. The van der Waals surface area contributed by atoms with Gasteiger partial charge in [0.15, 0.2) is 0 Å². The summed E-state index contributed by atoms with van der Waals surface area (Å²) < 4.78 is 41.6. The van der Waals surface area contributed by atoms with Gasteiger partial charge in [-0.2, -0.15) is 18.3 Å². The van der Waals surface area contributed by atoms with Crippen LogP contribution in [0, 0.1) is 0 Å². The number of hydrogen-bond donors (Lipinski definition) is 2. The Hall–Kier alpha value is -2.86. The van der Waals surface area contributed by atoms with E-state index in [0.29, 0.717) is 34.8 Å². The number of nitrogens with one attached hydrogen (secondary N) is 1. The van der Waals surface area contributed by atoms with Crippen molar-refractivity contribution < 1.29 is 27.9 Å². The summed E-state index contributed by atoms with van der Waals surface area (Å²) in [5.74, 6) is -0.634. The average Bonchev–Trinajstić information content (AvgIpc) is 3.60. The third-order valence-electron chi connectivity index (χ3n) is 6.72. The van der Waals surface area contributed by atoms with Crippen LogP contribution in [0.3, 0.4) is 0 Å². The minimum Gasteiger partial charge on any atom is -0.390 e. The van der Waals surface area contributed by atoms with Crippen LogP contribution in [0.5, 0.6) is 0 Å². The first-order valence-corrected chi connectivity index (χ1v) is 13.3. The standard InChI is InChI=1S/C26H24ClF3N4O3S/c27-18-5-3-16(21(11-18)26(28,29)30)10-20(15-4-6-22-17(9-15)12-31-32-22)23-24(36)34(25(37)38-23)14-19(35)13-33-7-1-2-8-33/h3-6,9,11-12,19,35H,1-2,7-8,10,13-14H2,(H,31,32)/t19-/m0/s1. The SMILES string of the molecule is O=C1SC(=C(Cc2ccc(Cl)cc2C(F)(F)F)c2ccc3[nH]ncc3c2)C(=O)N1C[C@@H](O)CN1CCCC1. The van der Waals surface area contributed by atoms with Crippen molar-refractivity contribution in [3.63, 3.8) is 0 Å². The predicted molar refractivity (Wildman–Crippen MR) is 140 cm³/mol. The molecule has 0 spiro atoms. The van der Waals surface area contributed by atoms with E-state index in [-0.39, 0.29) is 34.0 Å². The van der Waals surface area contributed by atoms with Crippen LogP contribution in [0.15, 0.2) is 47.5 Å². The Labute approximate surface area is 225 Å². The second kappa shape index (κ2) is 10.7. The highest BCUT2D eigenvalue weighted by Gasteiger charge is 2.40.